The van der Waals surface area contributed by atoms with Crippen molar-refractivity contribution in [2.75, 3.05) is 26.2 Å². The van der Waals surface area contributed by atoms with E-state index in [2.05, 4.69) is 31.9 Å². The Balaban J connectivity index is 2.95. The fourth-order valence-corrected chi connectivity index (χ4v) is 3.62. The Morgan fingerprint density at radius 3 is 1.88 bits per heavy atom. The molecule has 0 aliphatic heterocycles. The summed E-state index contributed by atoms with van der Waals surface area (Å²) in [5.41, 5.74) is 5.92. The number of aliphatic hydroxyl groups excluding tert-OH is 1. The number of carbonyl (C=O) groups is 7. The van der Waals surface area contributed by atoms with Gasteiger partial charge < -0.3 is 47.5 Å². The van der Waals surface area contributed by atoms with Crippen molar-refractivity contribution >= 4 is 41.7 Å². The summed E-state index contributed by atoms with van der Waals surface area (Å²) < 4.78 is 0. The maximum Gasteiger partial charge on any atom is 0.245 e. The van der Waals surface area contributed by atoms with Crippen LogP contribution in [-0.4, -0.2) is 97.2 Å². The lowest BCUT2D eigenvalue weighted by molar-refractivity contribution is -0.133. The first-order chi connectivity index (χ1) is 19.9. The van der Waals surface area contributed by atoms with Crippen LogP contribution >= 0.6 is 0 Å². The van der Waals surface area contributed by atoms with E-state index in [4.69, 9.17) is 5.73 Å². The molecule has 0 aromatic heterocycles. The average molecular weight is 592 g/mol. The molecule has 4 atom stereocenters. The van der Waals surface area contributed by atoms with E-state index in [-0.39, 0.29) is 31.8 Å². The summed E-state index contributed by atoms with van der Waals surface area (Å²) >= 11 is 0. The molecular formula is C27H41N7O8. The second kappa shape index (κ2) is 18.9. The number of hydrogen-bond donors (Lipinski definition) is 8. The molecule has 9 N–H and O–H groups in total. The highest BCUT2D eigenvalue weighted by Crippen LogP contribution is 2.08. The van der Waals surface area contributed by atoms with E-state index in [1.165, 1.54) is 6.92 Å². The minimum absolute atomic E-state index is 0.0176. The van der Waals surface area contributed by atoms with Crippen LogP contribution in [0.2, 0.25) is 0 Å². The SMILES string of the molecule is CC(C)C[C@H](NC(=O)CNC(=O)CN)C(=O)N[C@@H](Cc1ccccc1)C(=O)NCC(=O)N[C@@H](CO)C(=O)N[C@@H](C)C=O. The molecule has 0 radical (unpaired) electrons. The molecule has 0 aliphatic rings. The Labute approximate surface area is 244 Å². The molecule has 232 valence electrons. The molecule has 15 nitrogen and oxygen atoms in total. The summed E-state index contributed by atoms with van der Waals surface area (Å²) in [6, 6.07) is 4.41. The fourth-order valence-electron chi connectivity index (χ4n) is 3.62. The van der Waals surface area contributed by atoms with E-state index < -0.39 is 72.8 Å². The second-order valence-corrected chi connectivity index (χ2v) is 9.94. The molecule has 15 heteroatoms. The van der Waals surface area contributed by atoms with Crippen molar-refractivity contribution in [1.82, 2.24) is 31.9 Å². The molecule has 0 unspecified atom stereocenters. The molecule has 42 heavy (non-hydrogen) atoms. The van der Waals surface area contributed by atoms with Crippen LogP contribution in [0.15, 0.2) is 30.3 Å². The maximum absolute atomic E-state index is 13.2. The lowest BCUT2D eigenvalue weighted by Crippen LogP contribution is -2.57. The van der Waals surface area contributed by atoms with Gasteiger partial charge in [0.15, 0.2) is 0 Å². The molecule has 6 amide bonds. The Morgan fingerprint density at radius 2 is 1.33 bits per heavy atom. The van der Waals surface area contributed by atoms with Gasteiger partial charge in [0.2, 0.25) is 35.4 Å². The molecule has 0 fully saturated rings. The number of nitrogens with one attached hydrogen (secondary N) is 6. The lowest BCUT2D eigenvalue weighted by Gasteiger charge is -2.24. The second-order valence-electron chi connectivity index (χ2n) is 9.94. The van der Waals surface area contributed by atoms with Crippen LogP contribution in [-0.2, 0) is 40.0 Å². The Kier molecular flexibility index (Phi) is 16.0. The third-order valence-corrected chi connectivity index (χ3v) is 5.74. The molecule has 0 saturated heterocycles. The molecule has 1 aromatic carbocycles. The lowest BCUT2D eigenvalue weighted by atomic mass is 10.0. The minimum Gasteiger partial charge on any atom is -0.394 e. The molecule has 0 saturated carbocycles. The molecule has 0 heterocycles. The molecule has 0 bridgehead atoms. The van der Waals surface area contributed by atoms with Crippen LogP contribution in [0.5, 0.6) is 0 Å². The third-order valence-electron chi connectivity index (χ3n) is 5.74. The number of aliphatic hydroxyl groups is 1. The number of rotatable bonds is 18. The maximum atomic E-state index is 13.2. The van der Waals surface area contributed by atoms with Crippen LogP contribution in [0.4, 0.5) is 0 Å². The largest absolute Gasteiger partial charge is 0.394 e. The van der Waals surface area contributed by atoms with Crippen molar-refractivity contribution in [3.8, 4) is 0 Å². The van der Waals surface area contributed by atoms with Crippen molar-refractivity contribution in [3.63, 3.8) is 0 Å². The third kappa shape index (κ3) is 13.8. The normalized spacial score (nSPS) is 13.5. The predicted octanol–water partition coefficient (Wildman–Crippen LogP) is -3.38. The highest BCUT2D eigenvalue weighted by molar-refractivity contribution is 5.95. The Morgan fingerprint density at radius 1 is 0.762 bits per heavy atom. The van der Waals surface area contributed by atoms with Gasteiger partial charge in [-0.1, -0.05) is 44.2 Å². The van der Waals surface area contributed by atoms with Crippen molar-refractivity contribution in [2.24, 2.45) is 11.7 Å². The van der Waals surface area contributed by atoms with Crippen molar-refractivity contribution in [1.29, 1.82) is 0 Å². The van der Waals surface area contributed by atoms with Gasteiger partial charge in [0, 0.05) is 6.42 Å². The van der Waals surface area contributed by atoms with E-state index in [0.717, 1.165) is 0 Å². The number of hydrogen-bond acceptors (Lipinski definition) is 9. The van der Waals surface area contributed by atoms with Crippen LogP contribution in [0.25, 0.3) is 0 Å². The number of amides is 6. The summed E-state index contributed by atoms with van der Waals surface area (Å²) in [6.07, 6.45) is 0.768. The van der Waals surface area contributed by atoms with Gasteiger partial charge in [-0.15, -0.1) is 0 Å². The highest BCUT2D eigenvalue weighted by Gasteiger charge is 2.28. The zero-order valence-electron chi connectivity index (χ0n) is 24.0. The van der Waals surface area contributed by atoms with Gasteiger partial charge in [-0.3, -0.25) is 28.8 Å². The van der Waals surface area contributed by atoms with Gasteiger partial charge in [0.1, 0.15) is 24.4 Å². The molecule has 0 spiro atoms. The van der Waals surface area contributed by atoms with Crippen molar-refractivity contribution in [3.05, 3.63) is 35.9 Å². The fraction of sp³-hybridized carbons (Fsp3) is 0.519. The quantitative estimate of drug-likeness (QED) is 0.0794. The van der Waals surface area contributed by atoms with Gasteiger partial charge >= 0.3 is 0 Å². The Bertz CT molecular complexity index is 1080. The number of carbonyl (C=O) groups excluding carboxylic acids is 7. The zero-order valence-corrected chi connectivity index (χ0v) is 24.0. The van der Waals surface area contributed by atoms with E-state index in [1.54, 1.807) is 30.3 Å². The number of nitrogens with two attached hydrogens (primary N) is 1. The smallest absolute Gasteiger partial charge is 0.245 e. The van der Waals surface area contributed by atoms with Crippen LogP contribution in [0.3, 0.4) is 0 Å². The summed E-state index contributed by atoms with van der Waals surface area (Å²) in [5.74, 6) is -4.13. The number of benzene rings is 1. The van der Waals surface area contributed by atoms with Crippen LogP contribution < -0.4 is 37.6 Å². The average Bonchev–Trinajstić information content (AvgIpc) is 2.96. The first kappa shape index (κ1) is 35.7. The molecule has 1 rings (SSSR count). The van der Waals surface area contributed by atoms with E-state index in [1.807, 2.05) is 13.8 Å². The van der Waals surface area contributed by atoms with Gasteiger partial charge in [-0.05, 0) is 24.8 Å². The van der Waals surface area contributed by atoms with Crippen LogP contribution in [0, 0.1) is 5.92 Å². The summed E-state index contributed by atoms with van der Waals surface area (Å²) in [6.45, 7) is 3.08. The zero-order chi connectivity index (χ0) is 31.7. The van der Waals surface area contributed by atoms with E-state index in [0.29, 0.717) is 11.8 Å². The monoisotopic (exact) mass is 591 g/mol. The summed E-state index contributed by atoms with van der Waals surface area (Å²) in [7, 11) is 0. The molecular weight excluding hydrogens is 550 g/mol. The first-order valence-corrected chi connectivity index (χ1v) is 13.4. The first-order valence-electron chi connectivity index (χ1n) is 13.4. The van der Waals surface area contributed by atoms with Crippen molar-refractivity contribution in [2.45, 2.75) is 57.8 Å². The molecule has 0 aliphatic carbocycles. The minimum atomic E-state index is -1.35. The highest BCUT2D eigenvalue weighted by atomic mass is 16.3. The van der Waals surface area contributed by atoms with Gasteiger partial charge in [0.05, 0.1) is 32.3 Å². The van der Waals surface area contributed by atoms with Crippen molar-refractivity contribution < 1.29 is 38.7 Å². The predicted molar refractivity (Wildman–Crippen MR) is 151 cm³/mol. The van der Waals surface area contributed by atoms with Gasteiger partial charge in [0.25, 0.3) is 0 Å². The Hall–Kier alpha value is -4.37. The number of aldehydes is 1. The van der Waals surface area contributed by atoms with Crippen LogP contribution in [0.1, 0.15) is 32.8 Å². The summed E-state index contributed by atoms with van der Waals surface area (Å²) in [4.78, 5) is 85.3. The van der Waals surface area contributed by atoms with Gasteiger partial charge in [-0.25, -0.2) is 0 Å². The topological polar surface area (TPSA) is 238 Å². The van der Waals surface area contributed by atoms with Gasteiger partial charge in [-0.2, -0.15) is 0 Å². The standard InChI is InChI=1S/C27H41N7O8/c1-16(2)9-19(32-23(38)12-29-22(37)11-28)26(41)34-20(10-18-7-5-4-6-8-18)25(40)30-13-24(39)33-21(15-36)27(42)31-17(3)14-35/h4-8,14,16-17,19-21,36H,9-13,15,28H2,1-3H3,(H,29,37)(H,30,40)(H,31,42)(H,32,38)(H,33,39)(H,34,41)/t17-,19-,20-,21-/m0/s1. The van der Waals surface area contributed by atoms with E-state index in [9.17, 15) is 38.7 Å². The summed E-state index contributed by atoms with van der Waals surface area (Å²) in [5, 5.41) is 23.9. The van der Waals surface area contributed by atoms with E-state index >= 15 is 0 Å². The molecule has 1 aromatic rings.